The van der Waals surface area contributed by atoms with Crippen molar-refractivity contribution in [3.8, 4) is 0 Å². The molecular weight excluding hydrogens is 154 g/mol. The molecule has 0 fully saturated rings. The largest absolute Gasteiger partial charge is 0.385 e. The molecule has 0 aliphatic rings. The summed E-state index contributed by atoms with van der Waals surface area (Å²) in [7, 11) is 1.71. The Labute approximate surface area is 72.3 Å². The summed E-state index contributed by atoms with van der Waals surface area (Å²) in [5.74, 6) is 0.585. The van der Waals surface area contributed by atoms with Gasteiger partial charge in [-0.15, -0.1) is 0 Å². The zero-order chi connectivity index (χ0) is 8.81. The molecule has 0 aliphatic carbocycles. The summed E-state index contributed by atoms with van der Waals surface area (Å²) in [5.41, 5.74) is 5.45. The highest BCUT2D eigenvalue weighted by Gasteiger charge is 1.93. The van der Waals surface area contributed by atoms with Gasteiger partial charge in [0.05, 0.1) is 0 Å². The molecular formula is C8H15N3O. The molecule has 4 nitrogen and oxygen atoms in total. The highest BCUT2D eigenvalue weighted by Crippen LogP contribution is 1.98. The van der Waals surface area contributed by atoms with E-state index in [0.717, 1.165) is 26.0 Å². The van der Waals surface area contributed by atoms with E-state index >= 15 is 0 Å². The maximum Gasteiger partial charge on any atom is 0.145 e. The molecule has 0 bridgehead atoms. The zero-order valence-corrected chi connectivity index (χ0v) is 7.36. The Balaban J connectivity index is 2.15. The van der Waals surface area contributed by atoms with Crippen LogP contribution in [0.3, 0.4) is 0 Å². The van der Waals surface area contributed by atoms with Gasteiger partial charge >= 0.3 is 0 Å². The lowest BCUT2D eigenvalue weighted by molar-refractivity contribution is 0.191. The average molecular weight is 169 g/mol. The Morgan fingerprint density at radius 3 is 3.00 bits per heavy atom. The summed E-state index contributed by atoms with van der Waals surface area (Å²) >= 11 is 0. The van der Waals surface area contributed by atoms with Crippen molar-refractivity contribution < 1.29 is 4.74 Å². The van der Waals surface area contributed by atoms with Gasteiger partial charge in [-0.3, -0.25) is 4.68 Å². The quantitative estimate of drug-likeness (QED) is 0.666. The molecule has 12 heavy (non-hydrogen) atoms. The van der Waals surface area contributed by atoms with Crippen LogP contribution in [0.4, 0.5) is 5.82 Å². The number of nitrogen functional groups attached to an aromatic ring is 1. The first-order valence-electron chi connectivity index (χ1n) is 4.11. The molecule has 4 heteroatoms. The van der Waals surface area contributed by atoms with Crippen LogP contribution in [0.2, 0.25) is 0 Å². The SMILES string of the molecule is COCCCCn1ccc(N)n1. The Kier molecular flexibility index (Phi) is 3.60. The van der Waals surface area contributed by atoms with E-state index < -0.39 is 0 Å². The lowest BCUT2D eigenvalue weighted by atomic mass is 10.3. The molecule has 2 N–H and O–H groups in total. The number of aryl methyl sites for hydroxylation is 1. The summed E-state index contributed by atoms with van der Waals surface area (Å²) in [6.45, 7) is 1.73. The number of nitrogens with zero attached hydrogens (tertiary/aromatic N) is 2. The third-order valence-electron chi connectivity index (χ3n) is 1.65. The lowest BCUT2D eigenvalue weighted by Gasteiger charge is -2.00. The minimum atomic E-state index is 0.585. The van der Waals surface area contributed by atoms with Gasteiger partial charge in [-0.1, -0.05) is 0 Å². The number of rotatable bonds is 5. The number of unbranched alkanes of at least 4 members (excludes halogenated alkanes) is 1. The molecule has 0 spiro atoms. The highest BCUT2D eigenvalue weighted by molar-refractivity contribution is 5.23. The van der Waals surface area contributed by atoms with E-state index in [4.69, 9.17) is 10.5 Å². The number of nitrogens with two attached hydrogens (primary N) is 1. The van der Waals surface area contributed by atoms with E-state index in [2.05, 4.69) is 5.10 Å². The summed E-state index contributed by atoms with van der Waals surface area (Å²) in [6, 6.07) is 1.80. The van der Waals surface area contributed by atoms with Crippen molar-refractivity contribution in [3.05, 3.63) is 12.3 Å². The van der Waals surface area contributed by atoms with Gasteiger partial charge in [0.25, 0.3) is 0 Å². The van der Waals surface area contributed by atoms with Crippen LogP contribution in [0.1, 0.15) is 12.8 Å². The van der Waals surface area contributed by atoms with Crippen LogP contribution in [0.25, 0.3) is 0 Å². The van der Waals surface area contributed by atoms with Gasteiger partial charge in [0, 0.05) is 26.5 Å². The number of ether oxygens (including phenoxy) is 1. The number of anilines is 1. The molecule has 0 aromatic carbocycles. The van der Waals surface area contributed by atoms with Crippen LogP contribution in [0.15, 0.2) is 12.3 Å². The van der Waals surface area contributed by atoms with Crippen molar-refractivity contribution in [2.75, 3.05) is 19.5 Å². The zero-order valence-electron chi connectivity index (χ0n) is 7.36. The van der Waals surface area contributed by atoms with Crippen LogP contribution >= 0.6 is 0 Å². The van der Waals surface area contributed by atoms with Gasteiger partial charge in [-0.05, 0) is 18.9 Å². The predicted octanol–water partition coefficient (Wildman–Crippen LogP) is 0.892. The van der Waals surface area contributed by atoms with Gasteiger partial charge in [-0.25, -0.2) is 0 Å². The van der Waals surface area contributed by atoms with E-state index in [1.54, 1.807) is 13.2 Å². The molecule has 1 aromatic heterocycles. The Morgan fingerprint density at radius 1 is 1.58 bits per heavy atom. The molecule has 0 aliphatic heterocycles. The van der Waals surface area contributed by atoms with Crippen molar-refractivity contribution in [2.45, 2.75) is 19.4 Å². The minimum Gasteiger partial charge on any atom is -0.385 e. The van der Waals surface area contributed by atoms with E-state index in [9.17, 15) is 0 Å². The van der Waals surface area contributed by atoms with Crippen molar-refractivity contribution in [1.82, 2.24) is 9.78 Å². The van der Waals surface area contributed by atoms with Crippen LogP contribution in [-0.2, 0) is 11.3 Å². The smallest absolute Gasteiger partial charge is 0.145 e. The third-order valence-corrected chi connectivity index (χ3v) is 1.65. The number of methoxy groups -OCH3 is 1. The maximum absolute atomic E-state index is 5.45. The first kappa shape index (κ1) is 9.06. The van der Waals surface area contributed by atoms with Gasteiger partial charge in [0.15, 0.2) is 0 Å². The molecule has 0 amide bonds. The van der Waals surface area contributed by atoms with Gasteiger partial charge in [0.1, 0.15) is 5.82 Å². The Hall–Kier alpha value is -1.03. The van der Waals surface area contributed by atoms with Gasteiger partial charge in [0.2, 0.25) is 0 Å². The molecule has 0 unspecified atom stereocenters. The number of aromatic nitrogens is 2. The van der Waals surface area contributed by atoms with Crippen molar-refractivity contribution >= 4 is 5.82 Å². The fourth-order valence-electron chi connectivity index (χ4n) is 1.02. The second-order valence-electron chi connectivity index (χ2n) is 2.70. The summed E-state index contributed by atoms with van der Waals surface area (Å²) < 4.78 is 6.78. The van der Waals surface area contributed by atoms with Crippen LogP contribution in [0.5, 0.6) is 0 Å². The van der Waals surface area contributed by atoms with Crippen LogP contribution < -0.4 is 5.73 Å². The van der Waals surface area contributed by atoms with Crippen LogP contribution in [0, 0.1) is 0 Å². The number of hydrogen-bond acceptors (Lipinski definition) is 3. The maximum atomic E-state index is 5.45. The monoisotopic (exact) mass is 169 g/mol. The molecule has 0 radical (unpaired) electrons. The fraction of sp³-hybridized carbons (Fsp3) is 0.625. The first-order valence-corrected chi connectivity index (χ1v) is 4.11. The average Bonchev–Trinajstić information content (AvgIpc) is 2.45. The fourth-order valence-corrected chi connectivity index (χ4v) is 1.02. The van der Waals surface area contributed by atoms with Crippen molar-refractivity contribution in [3.63, 3.8) is 0 Å². The Morgan fingerprint density at radius 2 is 2.42 bits per heavy atom. The van der Waals surface area contributed by atoms with Gasteiger partial charge in [-0.2, -0.15) is 5.10 Å². The lowest BCUT2D eigenvalue weighted by Crippen LogP contribution is -2.01. The van der Waals surface area contributed by atoms with E-state index in [-0.39, 0.29) is 0 Å². The molecule has 68 valence electrons. The van der Waals surface area contributed by atoms with Crippen molar-refractivity contribution in [1.29, 1.82) is 0 Å². The molecule has 1 aromatic rings. The van der Waals surface area contributed by atoms with E-state index in [1.807, 2.05) is 10.9 Å². The van der Waals surface area contributed by atoms with E-state index in [0.29, 0.717) is 5.82 Å². The Bertz CT molecular complexity index is 222. The first-order chi connectivity index (χ1) is 5.83. The van der Waals surface area contributed by atoms with Crippen LogP contribution in [-0.4, -0.2) is 23.5 Å². The minimum absolute atomic E-state index is 0.585. The van der Waals surface area contributed by atoms with E-state index in [1.165, 1.54) is 0 Å². The summed E-state index contributed by atoms with van der Waals surface area (Å²) in [6.07, 6.45) is 4.04. The molecule has 0 saturated heterocycles. The van der Waals surface area contributed by atoms with Gasteiger partial charge < -0.3 is 10.5 Å². The second-order valence-corrected chi connectivity index (χ2v) is 2.70. The topological polar surface area (TPSA) is 53.1 Å². The molecule has 0 atom stereocenters. The normalized spacial score (nSPS) is 10.4. The predicted molar refractivity (Wildman–Crippen MR) is 47.7 cm³/mol. The standard InChI is InChI=1S/C8H15N3O/c1-12-7-3-2-5-11-6-4-8(9)10-11/h4,6H,2-3,5,7H2,1H3,(H2,9,10). The molecule has 0 saturated carbocycles. The third kappa shape index (κ3) is 2.92. The summed E-state index contributed by atoms with van der Waals surface area (Å²) in [4.78, 5) is 0. The molecule has 1 rings (SSSR count). The number of hydrogen-bond donors (Lipinski definition) is 1. The highest BCUT2D eigenvalue weighted by atomic mass is 16.5. The molecule has 1 heterocycles. The van der Waals surface area contributed by atoms with Crippen molar-refractivity contribution in [2.24, 2.45) is 0 Å². The summed E-state index contributed by atoms with van der Waals surface area (Å²) in [5, 5.41) is 4.06. The second kappa shape index (κ2) is 4.77.